The average molecular weight is 188 g/mol. The second kappa shape index (κ2) is 8.01. The molecule has 0 heterocycles. The number of carbonyl (C=O) groups is 1. The highest BCUT2D eigenvalue weighted by Gasteiger charge is 2.02. The zero-order chi connectivity index (χ0) is 10.1. The Morgan fingerprint density at radius 2 is 2.08 bits per heavy atom. The van der Waals surface area contributed by atoms with Crippen molar-refractivity contribution in [1.29, 1.82) is 0 Å². The fourth-order valence-electron chi connectivity index (χ4n) is 1.01. The quantitative estimate of drug-likeness (QED) is 0.563. The molecule has 0 fully saturated rings. The molecule has 0 spiro atoms. The standard InChI is InChI=1S/C9H20N2O2/c1-3-8(4-2)13-6-5-11-9(12)7-10/h8H,3-7,10H2,1-2H3,(H,11,12). The third-order valence-corrected chi connectivity index (χ3v) is 1.87. The van der Waals surface area contributed by atoms with E-state index in [-0.39, 0.29) is 12.5 Å². The van der Waals surface area contributed by atoms with Crippen LogP contribution in [0.4, 0.5) is 0 Å². The molecule has 78 valence electrons. The fraction of sp³-hybridized carbons (Fsp3) is 0.889. The highest BCUT2D eigenvalue weighted by Crippen LogP contribution is 2.01. The summed E-state index contributed by atoms with van der Waals surface area (Å²) in [6.45, 7) is 5.34. The van der Waals surface area contributed by atoms with E-state index in [9.17, 15) is 4.79 Å². The van der Waals surface area contributed by atoms with Crippen molar-refractivity contribution in [2.75, 3.05) is 19.7 Å². The van der Waals surface area contributed by atoms with Gasteiger partial charge in [-0.15, -0.1) is 0 Å². The monoisotopic (exact) mass is 188 g/mol. The first-order chi connectivity index (χ1) is 6.24. The van der Waals surface area contributed by atoms with Gasteiger partial charge in [-0.05, 0) is 12.8 Å². The Labute approximate surface area is 79.8 Å². The molecule has 0 radical (unpaired) electrons. The largest absolute Gasteiger partial charge is 0.376 e. The van der Waals surface area contributed by atoms with Gasteiger partial charge in [-0.3, -0.25) is 4.79 Å². The molecule has 0 rings (SSSR count). The molecular formula is C9H20N2O2. The third kappa shape index (κ3) is 6.54. The van der Waals surface area contributed by atoms with Gasteiger partial charge in [-0.25, -0.2) is 0 Å². The van der Waals surface area contributed by atoms with Crippen molar-refractivity contribution in [3.05, 3.63) is 0 Å². The molecule has 4 nitrogen and oxygen atoms in total. The molecular weight excluding hydrogens is 168 g/mol. The highest BCUT2D eigenvalue weighted by atomic mass is 16.5. The number of rotatable bonds is 7. The van der Waals surface area contributed by atoms with Crippen LogP contribution in [0.1, 0.15) is 26.7 Å². The molecule has 0 saturated carbocycles. The minimum Gasteiger partial charge on any atom is -0.376 e. The van der Waals surface area contributed by atoms with Gasteiger partial charge in [0.15, 0.2) is 0 Å². The van der Waals surface area contributed by atoms with E-state index in [1.807, 2.05) is 0 Å². The van der Waals surface area contributed by atoms with Gasteiger partial charge in [0.05, 0.1) is 19.3 Å². The first-order valence-electron chi connectivity index (χ1n) is 4.82. The van der Waals surface area contributed by atoms with E-state index < -0.39 is 0 Å². The summed E-state index contributed by atoms with van der Waals surface area (Å²) in [7, 11) is 0. The molecule has 0 unspecified atom stereocenters. The predicted molar refractivity (Wildman–Crippen MR) is 52.4 cm³/mol. The lowest BCUT2D eigenvalue weighted by atomic mass is 10.2. The third-order valence-electron chi connectivity index (χ3n) is 1.87. The van der Waals surface area contributed by atoms with Gasteiger partial charge in [-0.1, -0.05) is 13.8 Å². The minimum atomic E-state index is -0.131. The van der Waals surface area contributed by atoms with E-state index in [1.54, 1.807) is 0 Å². The van der Waals surface area contributed by atoms with Crippen molar-refractivity contribution >= 4 is 5.91 Å². The van der Waals surface area contributed by atoms with Gasteiger partial charge in [-0.2, -0.15) is 0 Å². The van der Waals surface area contributed by atoms with E-state index in [4.69, 9.17) is 10.5 Å². The van der Waals surface area contributed by atoms with Crippen LogP contribution in [0.3, 0.4) is 0 Å². The molecule has 0 aliphatic carbocycles. The van der Waals surface area contributed by atoms with Gasteiger partial charge in [0.2, 0.25) is 5.91 Å². The topological polar surface area (TPSA) is 64.3 Å². The van der Waals surface area contributed by atoms with Crippen LogP contribution in [0.2, 0.25) is 0 Å². The van der Waals surface area contributed by atoms with Crippen molar-refractivity contribution in [3.8, 4) is 0 Å². The Morgan fingerprint density at radius 1 is 1.46 bits per heavy atom. The van der Waals surface area contributed by atoms with Crippen molar-refractivity contribution < 1.29 is 9.53 Å². The molecule has 13 heavy (non-hydrogen) atoms. The molecule has 0 aromatic rings. The minimum absolute atomic E-state index is 0.0466. The van der Waals surface area contributed by atoms with Crippen molar-refractivity contribution in [3.63, 3.8) is 0 Å². The summed E-state index contributed by atoms with van der Waals surface area (Å²) >= 11 is 0. The summed E-state index contributed by atoms with van der Waals surface area (Å²) in [5, 5.41) is 2.65. The van der Waals surface area contributed by atoms with Gasteiger partial charge in [0.1, 0.15) is 0 Å². The second-order valence-electron chi connectivity index (χ2n) is 2.86. The Morgan fingerprint density at radius 3 is 2.54 bits per heavy atom. The van der Waals surface area contributed by atoms with E-state index >= 15 is 0 Å². The number of nitrogens with two attached hydrogens (primary N) is 1. The molecule has 0 bridgehead atoms. The Kier molecular flexibility index (Phi) is 7.63. The summed E-state index contributed by atoms with van der Waals surface area (Å²) in [6.07, 6.45) is 2.35. The summed E-state index contributed by atoms with van der Waals surface area (Å²) in [5.41, 5.74) is 5.11. The maximum absolute atomic E-state index is 10.7. The van der Waals surface area contributed by atoms with E-state index in [0.29, 0.717) is 19.3 Å². The van der Waals surface area contributed by atoms with Crippen LogP contribution in [-0.2, 0) is 9.53 Å². The maximum atomic E-state index is 10.7. The molecule has 0 aliphatic rings. The number of carbonyl (C=O) groups excluding carboxylic acids is 1. The lowest BCUT2D eigenvalue weighted by molar-refractivity contribution is -0.120. The van der Waals surface area contributed by atoms with Gasteiger partial charge in [0.25, 0.3) is 0 Å². The van der Waals surface area contributed by atoms with E-state index in [0.717, 1.165) is 12.8 Å². The van der Waals surface area contributed by atoms with Crippen molar-refractivity contribution in [1.82, 2.24) is 5.32 Å². The van der Waals surface area contributed by atoms with Crippen LogP contribution in [-0.4, -0.2) is 31.7 Å². The van der Waals surface area contributed by atoms with Crippen LogP contribution in [0.5, 0.6) is 0 Å². The van der Waals surface area contributed by atoms with Crippen LogP contribution in [0.15, 0.2) is 0 Å². The van der Waals surface area contributed by atoms with E-state index in [1.165, 1.54) is 0 Å². The van der Waals surface area contributed by atoms with Gasteiger partial charge >= 0.3 is 0 Å². The maximum Gasteiger partial charge on any atom is 0.233 e. The Bertz CT molecular complexity index is 136. The van der Waals surface area contributed by atoms with Crippen LogP contribution in [0, 0.1) is 0 Å². The summed E-state index contributed by atoms with van der Waals surface area (Å²) in [6, 6.07) is 0. The SMILES string of the molecule is CCC(CC)OCCNC(=O)CN. The van der Waals surface area contributed by atoms with Crippen molar-refractivity contribution in [2.45, 2.75) is 32.8 Å². The lowest BCUT2D eigenvalue weighted by Gasteiger charge is -2.13. The number of ether oxygens (including phenoxy) is 1. The highest BCUT2D eigenvalue weighted by molar-refractivity contribution is 5.77. The summed E-state index contributed by atoms with van der Waals surface area (Å²) < 4.78 is 5.48. The summed E-state index contributed by atoms with van der Waals surface area (Å²) in [4.78, 5) is 10.7. The second-order valence-corrected chi connectivity index (χ2v) is 2.86. The average Bonchev–Trinajstić information content (AvgIpc) is 2.18. The molecule has 0 aromatic heterocycles. The predicted octanol–water partition coefficient (Wildman–Crippen LogP) is 0.267. The number of amides is 1. The van der Waals surface area contributed by atoms with Gasteiger partial charge < -0.3 is 15.8 Å². The molecule has 0 aliphatic heterocycles. The fourth-order valence-corrected chi connectivity index (χ4v) is 1.01. The number of nitrogens with one attached hydrogen (secondary N) is 1. The Balaban J connectivity index is 3.28. The molecule has 4 heteroatoms. The smallest absolute Gasteiger partial charge is 0.233 e. The lowest BCUT2D eigenvalue weighted by Crippen LogP contribution is -2.33. The zero-order valence-corrected chi connectivity index (χ0v) is 8.51. The molecule has 3 N–H and O–H groups in total. The normalized spacial score (nSPS) is 10.5. The first kappa shape index (κ1) is 12.4. The number of hydrogen-bond donors (Lipinski definition) is 2. The van der Waals surface area contributed by atoms with Crippen LogP contribution < -0.4 is 11.1 Å². The summed E-state index contributed by atoms with van der Waals surface area (Å²) in [5.74, 6) is -0.131. The van der Waals surface area contributed by atoms with Gasteiger partial charge in [0, 0.05) is 6.54 Å². The van der Waals surface area contributed by atoms with E-state index in [2.05, 4.69) is 19.2 Å². The van der Waals surface area contributed by atoms with Crippen LogP contribution in [0.25, 0.3) is 0 Å². The molecule has 0 saturated heterocycles. The first-order valence-corrected chi connectivity index (χ1v) is 4.82. The molecule has 0 atom stereocenters. The number of hydrogen-bond acceptors (Lipinski definition) is 3. The van der Waals surface area contributed by atoms with Crippen LogP contribution >= 0.6 is 0 Å². The Hall–Kier alpha value is -0.610. The van der Waals surface area contributed by atoms with Crippen molar-refractivity contribution in [2.24, 2.45) is 5.73 Å². The molecule has 0 aromatic carbocycles. The zero-order valence-electron chi connectivity index (χ0n) is 8.51. The molecule has 1 amide bonds.